The van der Waals surface area contributed by atoms with Crippen LogP contribution in [0.3, 0.4) is 0 Å². The SMILES string of the molecule is N#Cc1ccsc1NC(=O)CCN1CCN(Cc2ccccc2F)CC1. The van der Waals surface area contributed by atoms with Gasteiger partial charge in [0, 0.05) is 51.3 Å². The van der Waals surface area contributed by atoms with Crippen LogP contribution in [0.25, 0.3) is 0 Å². The van der Waals surface area contributed by atoms with Crippen molar-refractivity contribution in [3.8, 4) is 6.07 Å². The van der Waals surface area contributed by atoms with Crippen LogP contribution in [0.1, 0.15) is 17.5 Å². The monoisotopic (exact) mass is 372 g/mol. The second kappa shape index (κ2) is 8.90. The van der Waals surface area contributed by atoms with Gasteiger partial charge in [-0.2, -0.15) is 5.26 Å². The minimum Gasteiger partial charge on any atom is -0.317 e. The summed E-state index contributed by atoms with van der Waals surface area (Å²) in [5, 5.41) is 14.2. The van der Waals surface area contributed by atoms with Gasteiger partial charge in [0.1, 0.15) is 16.9 Å². The van der Waals surface area contributed by atoms with E-state index in [1.807, 2.05) is 12.1 Å². The molecule has 0 bridgehead atoms. The van der Waals surface area contributed by atoms with Gasteiger partial charge < -0.3 is 10.2 Å². The average molecular weight is 372 g/mol. The lowest BCUT2D eigenvalue weighted by Crippen LogP contribution is -2.46. The number of thiophene rings is 1. The first kappa shape index (κ1) is 18.5. The standard InChI is InChI=1S/C19H21FN4OS/c20-17-4-2-1-3-16(17)14-24-10-8-23(9-11-24)7-5-18(25)22-19-15(13-21)6-12-26-19/h1-4,6,12H,5,7-11,14H2,(H,22,25). The van der Waals surface area contributed by atoms with Crippen LogP contribution in [0.15, 0.2) is 35.7 Å². The molecule has 0 radical (unpaired) electrons. The van der Waals surface area contributed by atoms with Crippen molar-refractivity contribution in [3.63, 3.8) is 0 Å². The molecule has 26 heavy (non-hydrogen) atoms. The Morgan fingerprint density at radius 1 is 1.19 bits per heavy atom. The number of nitrogens with zero attached hydrogens (tertiary/aromatic N) is 3. The normalized spacial score (nSPS) is 15.5. The Morgan fingerprint density at radius 2 is 1.92 bits per heavy atom. The van der Waals surface area contributed by atoms with Gasteiger partial charge >= 0.3 is 0 Å². The maximum Gasteiger partial charge on any atom is 0.226 e. The molecule has 0 aliphatic carbocycles. The zero-order chi connectivity index (χ0) is 18.4. The highest BCUT2D eigenvalue weighted by Gasteiger charge is 2.18. The average Bonchev–Trinajstić information content (AvgIpc) is 3.10. The van der Waals surface area contributed by atoms with Crippen molar-refractivity contribution in [2.75, 3.05) is 38.0 Å². The lowest BCUT2D eigenvalue weighted by molar-refractivity contribution is -0.116. The Hall–Kier alpha value is -2.27. The van der Waals surface area contributed by atoms with Crippen LogP contribution in [0.2, 0.25) is 0 Å². The number of halogens is 1. The molecule has 1 fully saturated rings. The first-order valence-corrected chi connectivity index (χ1v) is 9.49. The van der Waals surface area contributed by atoms with Crippen LogP contribution in [0.5, 0.6) is 0 Å². The second-order valence-corrected chi connectivity index (χ2v) is 7.20. The zero-order valence-corrected chi connectivity index (χ0v) is 15.3. The Bertz CT molecular complexity index is 793. The molecule has 2 aromatic rings. The molecule has 1 amide bonds. The van der Waals surface area contributed by atoms with E-state index in [0.717, 1.165) is 31.7 Å². The van der Waals surface area contributed by atoms with E-state index in [1.165, 1.54) is 17.4 Å². The molecule has 0 unspecified atom stereocenters. The molecule has 1 N–H and O–H groups in total. The summed E-state index contributed by atoms with van der Waals surface area (Å²) in [6.45, 7) is 4.76. The van der Waals surface area contributed by atoms with Crippen molar-refractivity contribution in [3.05, 3.63) is 52.7 Å². The summed E-state index contributed by atoms with van der Waals surface area (Å²) in [6.07, 6.45) is 0.399. The quantitative estimate of drug-likeness (QED) is 0.847. The highest BCUT2D eigenvalue weighted by atomic mass is 32.1. The van der Waals surface area contributed by atoms with Crippen molar-refractivity contribution in [1.82, 2.24) is 9.80 Å². The van der Waals surface area contributed by atoms with Crippen LogP contribution in [0.4, 0.5) is 9.39 Å². The van der Waals surface area contributed by atoms with Crippen LogP contribution in [-0.2, 0) is 11.3 Å². The molecule has 2 heterocycles. The van der Waals surface area contributed by atoms with Crippen molar-refractivity contribution in [2.45, 2.75) is 13.0 Å². The summed E-state index contributed by atoms with van der Waals surface area (Å²) < 4.78 is 13.7. The van der Waals surface area contributed by atoms with Crippen molar-refractivity contribution in [1.29, 1.82) is 5.26 Å². The van der Waals surface area contributed by atoms with Gasteiger partial charge in [0.05, 0.1) is 5.56 Å². The van der Waals surface area contributed by atoms with Gasteiger partial charge in [-0.1, -0.05) is 18.2 Å². The fraction of sp³-hybridized carbons (Fsp3) is 0.368. The van der Waals surface area contributed by atoms with E-state index in [9.17, 15) is 9.18 Å². The molecule has 1 aromatic carbocycles. The Kier molecular flexibility index (Phi) is 6.34. The molecular weight excluding hydrogens is 351 g/mol. The van der Waals surface area contributed by atoms with Crippen LogP contribution >= 0.6 is 11.3 Å². The summed E-state index contributed by atoms with van der Waals surface area (Å²) >= 11 is 1.36. The lowest BCUT2D eigenvalue weighted by atomic mass is 10.2. The predicted octanol–water partition coefficient (Wildman–Crippen LogP) is 2.91. The molecule has 136 valence electrons. The summed E-state index contributed by atoms with van der Waals surface area (Å²) in [6, 6.07) is 10.7. The molecule has 0 saturated carbocycles. The van der Waals surface area contributed by atoms with E-state index >= 15 is 0 Å². The van der Waals surface area contributed by atoms with E-state index in [2.05, 4.69) is 21.2 Å². The summed E-state index contributed by atoms with van der Waals surface area (Å²) in [4.78, 5) is 16.6. The van der Waals surface area contributed by atoms with Crippen molar-refractivity contribution >= 4 is 22.2 Å². The molecule has 1 aliphatic rings. The van der Waals surface area contributed by atoms with Crippen molar-refractivity contribution in [2.24, 2.45) is 0 Å². The Morgan fingerprint density at radius 3 is 2.65 bits per heavy atom. The minimum absolute atomic E-state index is 0.0715. The largest absolute Gasteiger partial charge is 0.317 e. The first-order chi connectivity index (χ1) is 12.7. The number of anilines is 1. The second-order valence-electron chi connectivity index (χ2n) is 6.28. The van der Waals surface area contributed by atoms with Gasteiger partial charge in [-0.25, -0.2) is 4.39 Å². The molecule has 7 heteroatoms. The number of nitrogens with one attached hydrogen (secondary N) is 1. The molecule has 3 rings (SSSR count). The maximum absolute atomic E-state index is 13.7. The number of carbonyl (C=O) groups excluding carboxylic acids is 1. The van der Waals surface area contributed by atoms with Crippen LogP contribution in [0, 0.1) is 17.1 Å². The molecule has 1 aliphatic heterocycles. The number of hydrogen-bond acceptors (Lipinski definition) is 5. The highest BCUT2D eigenvalue weighted by Crippen LogP contribution is 2.22. The summed E-state index contributed by atoms with van der Waals surface area (Å²) in [5.41, 5.74) is 1.23. The number of rotatable bonds is 6. The lowest BCUT2D eigenvalue weighted by Gasteiger charge is -2.34. The fourth-order valence-corrected chi connectivity index (χ4v) is 3.74. The molecule has 1 aromatic heterocycles. The molecular formula is C19H21FN4OS. The Labute approximate surface area is 156 Å². The Balaban J connectivity index is 1.39. The van der Waals surface area contributed by atoms with Gasteiger partial charge in [-0.15, -0.1) is 11.3 Å². The smallest absolute Gasteiger partial charge is 0.226 e. The number of benzene rings is 1. The van der Waals surface area contributed by atoms with E-state index in [4.69, 9.17) is 5.26 Å². The molecule has 0 spiro atoms. The number of nitriles is 1. The topological polar surface area (TPSA) is 59.4 Å². The summed E-state index contributed by atoms with van der Waals surface area (Å²) in [5.74, 6) is -0.227. The highest BCUT2D eigenvalue weighted by molar-refractivity contribution is 7.14. The molecule has 1 saturated heterocycles. The van der Waals surface area contributed by atoms with E-state index in [1.54, 1.807) is 17.5 Å². The third-order valence-corrected chi connectivity index (χ3v) is 5.34. The third kappa shape index (κ3) is 4.88. The van der Waals surface area contributed by atoms with Gasteiger partial charge in [0.25, 0.3) is 0 Å². The number of carbonyl (C=O) groups is 1. The minimum atomic E-state index is -0.156. The molecule has 5 nitrogen and oxygen atoms in total. The van der Waals surface area contributed by atoms with Gasteiger partial charge in [-0.05, 0) is 17.5 Å². The predicted molar refractivity (Wildman–Crippen MR) is 100 cm³/mol. The zero-order valence-electron chi connectivity index (χ0n) is 14.4. The van der Waals surface area contributed by atoms with E-state index in [0.29, 0.717) is 30.1 Å². The maximum atomic E-state index is 13.7. The van der Waals surface area contributed by atoms with Gasteiger partial charge in [-0.3, -0.25) is 9.69 Å². The number of amides is 1. The summed E-state index contributed by atoms with van der Waals surface area (Å²) in [7, 11) is 0. The van der Waals surface area contributed by atoms with E-state index < -0.39 is 0 Å². The third-order valence-electron chi connectivity index (χ3n) is 4.51. The number of hydrogen-bond donors (Lipinski definition) is 1. The van der Waals surface area contributed by atoms with Crippen molar-refractivity contribution < 1.29 is 9.18 Å². The molecule has 0 atom stereocenters. The van der Waals surface area contributed by atoms with Gasteiger partial charge in [0.15, 0.2) is 0 Å². The van der Waals surface area contributed by atoms with Gasteiger partial charge in [0.2, 0.25) is 5.91 Å². The fourth-order valence-electron chi connectivity index (χ4n) is 2.98. The number of piperazine rings is 1. The first-order valence-electron chi connectivity index (χ1n) is 8.61. The van der Waals surface area contributed by atoms with Crippen LogP contribution < -0.4 is 5.32 Å². The van der Waals surface area contributed by atoms with Crippen LogP contribution in [-0.4, -0.2) is 48.4 Å². The van der Waals surface area contributed by atoms with E-state index in [-0.39, 0.29) is 11.7 Å².